The molecule has 1 aromatic heterocycles. The van der Waals surface area contributed by atoms with E-state index in [1.54, 1.807) is 13.0 Å². The summed E-state index contributed by atoms with van der Waals surface area (Å²) >= 11 is 3.17. The maximum Gasteiger partial charge on any atom is 0.259 e. The van der Waals surface area contributed by atoms with Crippen LogP contribution < -0.4 is 5.32 Å². The Labute approximate surface area is 129 Å². The molecule has 0 saturated heterocycles. The van der Waals surface area contributed by atoms with E-state index in [0.717, 1.165) is 18.7 Å². The number of carbonyl (C=O) groups is 1. The van der Waals surface area contributed by atoms with E-state index in [1.165, 1.54) is 18.3 Å². The number of aromatic nitrogens is 2. The first kappa shape index (κ1) is 14.1. The van der Waals surface area contributed by atoms with Crippen molar-refractivity contribution in [1.82, 2.24) is 9.97 Å². The van der Waals surface area contributed by atoms with Crippen molar-refractivity contribution in [3.05, 3.63) is 51.8 Å². The van der Waals surface area contributed by atoms with Gasteiger partial charge in [-0.2, -0.15) is 0 Å². The minimum Gasteiger partial charge on any atom is -0.319 e. The summed E-state index contributed by atoms with van der Waals surface area (Å²) in [5.41, 5.74) is 1.11. The summed E-state index contributed by atoms with van der Waals surface area (Å²) < 4.78 is 14.3. The average molecular weight is 350 g/mol. The number of carbonyl (C=O) groups excluding carboxylic acids is 1. The zero-order chi connectivity index (χ0) is 15.0. The second kappa shape index (κ2) is 5.52. The number of anilines is 1. The van der Waals surface area contributed by atoms with Gasteiger partial charge in [-0.25, -0.2) is 14.4 Å². The SMILES string of the molecule is Cc1nc(C2CC2)ncc1C(=O)Nc1ccc(Br)cc1F. The Morgan fingerprint density at radius 1 is 1.43 bits per heavy atom. The summed E-state index contributed by atoms with van der Waals surface area (Å²) in [5.74, 6) is 0.325. The van der Waals surface area contributed by atoms with Crippen LogP contribution in [0.4, 0.5) is 10.1 Å². The second-order valence-corrected chi connectivity index (χ2v) is 6.00. The highest BCUT2D eigenvalue weighted by molar-refractivity contribution is 9.10. The Morgan fingerprint density at radius 2 is 2.19 bits per heavy atom. The molecule has 1 amide bonds. The number of benzene rings is 1. The number of nitrogens with one attached hydrogen (secondary N) is 1. The van der Waals surface area contributed by atoms with Crippen molar-refractivity contribution in [3.63, 3.8) is 0 Å². The number of aryl methyl sites for hydroxylation is 1. The van der Waals surface area contributed by atoms with Crippen LogP contribution in [0.2, 0.25) is 0 Å². The van der Waals surface area contributed by atoms with Crippen molar-refractivity contribution in [2.75, 3.05) is 5.32 Å². The van der Waals surface area contributed by atoms with E-state index in [2.05, 4.69) is 31.2 Å². The quantitative estimate of drug-likeness (QED) is 0.916. The lowest BCUT2D eigenvalue weighted by Crippen LogP contribution is -2.16. The summed E-state index contributed by atoms with van der Waals surface area (Å²) in [6, 6.07) is 4.47. The summed E-state index contributed by atoms with van der Waals surface area (Å²) in [4.78, 5) is 20.8. The molecule has 0 unspecified atom stereocenters. The van der Waals surface area contributed by atoms with Crippen molar-refractivity contribution in [3.8, 4) is 0 Å². The van der Waals surface area contributed by atoms with Gasteiger partial charge in [0.05, 0.1) is 16.9 Å². The van der Waals surface area contributed by atoms with Gasteiger partial charge in [0.15, 0.2) is 0 Å². The first-order valence-corrected chi connectivity index (χ1v) is 7.44. The van der Waals surface area contributed by atoms with Crippen LogP contribution in [0.15, 0.2) is 28.9 Å². The van der Waals surface area contributed by atoms with Crippen LogP contribution in [0, 0.1) is 12.7 Å². The monoisotopic (exact) mass is 349 g/mol. The van der Waals surface area contributed by atoms with E-state index in [4.69, 9.17) is 0 Å². The first-order valence-electron chi connectivity index (χ1n) is 6.64. The van der Waals surface area contributed by atoms with Gasteiger partial charge >= 0.3 is 0 Å². The van der Waals surface area contributed by atoms with Gasteiger partial charge in [0.1, 0.15) is 11.6 Å². The van der Waals surface area contributed by atoms with E-state index >= 15 is 0 Å². The Hall–Kier alpha value is -1.82. The Bertz CT molecular complexity index is 716. The second-order valence-electron chi connectivity index (χ2n) is 5.08. The number of hydrogen-bond acceptors (Lipinski definition) is 3. The molecule has 2 aromatic rings. The van der Waals surface area contributed by atoms with Crippen LogP contribution in [0.5, 0.6) is 0 Å². The molecule has 1 aliphatic carbocycles. The van der Waals surface area contributed by atoms with Gasteiger partial charge in [-0.1, -0.05) is 15.9 Å². The van der Waals surface area contributed by atoms with Crippen LogP contribution in [-0.2, 0) is 0 Å². The molecular formula is C15H13BrFN3O. The normalized spacial score (nSPS) is 14.0. The van der Waals surface area contributed by atoms with Crippen molar-refractivity contribution in [1.29, 1.82) is 0 Å². The average Bonchev–Trinajstić information content (AvgIpc) is 3.26. The first-order chi connectivity index (χ1) is 10.0. The Morgan fingerprint density at radius 3 is 2.81 bits per heavy atom. The zero-order valence-corrected chi connectivity index (χ0v) is 12.9. The standard InChI is InChI=1S/C15H13BrFN3O/c1-8-11(7-18-14(19-8)9-2-3-9)15(21)20-13-5-4-10(16)6-12(13)17/h4-7,9H,2-3H2,1H3,(H,20,21). The molecule has 21 heavy (non-hydrogen) atoms. The number of rotatable bonds is 3. The maximum atomic E-state index is 13.7. The van der Waals surface area contributed by atoms with Crippen molar-refractivity contribution in [2.45, 2.75) is 25.7 Å². The van der Waals surface area contributed by atoms with E-state index in [0.29, 0.717) is 21.6 Å². The van der Waals surface area contributed by atoms with Gasteiger partial charge in [0.25, 0.3) is 5.91 Å². The zero-order valence-electron chi connectivity index (χ0n) is 11.4. The molecule has 1 aliphatic rings. The lowest BCUT2D eigenvalue weighted by Gasteiger charge is -2.09. The molecule has 6 heteroatoms. The molecule has 0 bridgehead atoms. The van der Waals surface area contributed by atoms with Crippen LogP contribution in [0.25, 0.3) is 0 Å². The maximum absolute atomic E-state index is 13.7. The van der Waals surface area contributed by atoms with Crippen molar-refractivity contribution in [2.24, 2.45) is 0 Å². The molecule has 3 rings (SSSR count). The third-order valence-electron chi connectivity index (χ3n) is 3.36. The van der Waals surface area contributed by atoms with Crippen LogP contribution in [0.3, 0.4) is 0 Å². The van der Waals surface area contributed by atoms with E-state index < -0.39 is 11.7 Å². The molecule has 1 aromatic carbocycles. The predicted molar refractivity (Wildman–Crippen MR) is 80.8 cm³/mol. The van der Waals surface area contributed by atoms with E-state index in [1.807, 2.05) is 0 Å². The molecule has 0 radical (unpaired) electrons. The third-order valence-corrected chi connectivity index (χ3v) is 3.86. The molecule has 108 valence electrons. The molecule has 1 heterocycles. The summed E-state index contributed by atoms with van der Waals surface area (Å²) in [6.45, 7) is 1.76. The Balaban J connectivity index is 1.81. The third kappa shape index (κ3) is 3.10. The molecule has 1 saturated carbocycles. The minimum atomic E-state index is -0.495. The number of nitrogens with zero attached hydrogens (tertiary/aromatic N) is 2. The molecule has 4 nitrogen and oxygen atoms in total. The van der Waals surface area contributed by atoms with Gasteiger partial charge in [-0.3, -0.25) is 4.79 Å². The number of halogens is 2. The topological polar surface area (TPSA) is 54.9 Å². The van der Waals surface area contributed by atoms with Gasteiger partial charge in [-0.05, 0) is 38.0 Å². The number of hydrogen-bond donors (Lipinski definition) is 1. The Kier molecular flexibility index (Phi) is 3.71. The molecule has 0 aliphatic heterocycles. The van der Waals surface area contributed by atoms with Crippen LogP contribution >= 0.6 is 15.9 Å². The van der Waals surface area contributed by atoms with E-state index in [9.17, 15) is 9.18 Å². The van der Waals surface area contributed by atoms with Gasteiger partial charge in [0, 0.05) is 16.6 Å². The fraction of sp³-hybridized carbons (Fsp3) is 0.267. The number of amides is 1. The summed E-state index contributed by atoms with van der Waals surface area (Å²) in [6.07, 6.45) is 3.73. The van der Waals surface area contributed by atoms with Gasteiger partial charge < -0.3 is 5.32 Å². The highest BCUT2D eigenvalue weighted by atomic mass is 79.9. The highest BCUT2D eigenvalue weighted by Gasteiger charge is 2.27. The predicted octanol–water partition coefficient (Wildman–Crippen LogP) is 3.82. The molecule has 1 N–H and O–H groups in total. The fourth-order valence-corrected chi connectivity index (χ4v) is 2.36. The minimum absolute atomic E-state index is 0.133. The largest absolute Gasteiger partial charge is 0.319 e. The van der Waals surface area contributed by atoms with Crippen LogP contribution in [0.1, 0.15) is 40.6 Å². The highest BCUT2D eigenvalue weighted by Crippen LogP contribution is 2.37. The molecular weight excluding hydrogens is 337 g/mol. The molecule has 1 fully saturated rings. The molecule has 0 atom stereocenters. The lowest BCUT2D eigenvalue weighted by atomic mass is 10.2. The summed E-state index contributed by atoms with van der Waals surface area (Å²) in [7, 11) is 0. The van der Waals surface area contributed by atoms with Crippen molar-refractivity contribution >= 4 is 27.5 Å². The van der Waals surface area contributed by atoms with Gasteiger partial charge in [-0.15, -0.1) is 0 Å². The smallest absolute Gasteiger partial charge is 0.259 e. The molecule has 0 spiro atoms. The van der Waals surface area contributed by atoms with Gasteiger partial charge in [0.2, 0.25) is 0 Å². The fourth-order valence-electron chi connectivity index (χ4n) is 2.03. The summed E-state index contributed by atoms with van der Waals surface area (Å²) in [5, 5.41) is 2.54. The lowest BCUT2D eigenvalue weighted by molar-refractivity contribution is 0.102. The van der Waals surface area contributed by atoms with Crippen LogP contribution in [-0.4, -0.2) is 15.9 Å². The van der Waals surface area contributed by atoms with E-state index in [-0.39, 0.29) is 5.69 Å². The van der Waals surface area contributed by atoms with Crippen molar-refractivity contribution < 1.29 is 9.18 Å².